The average Bonchev–Trinajstić information content (AvgIpc) is 3.45. The highest BCUT2D eigenvalue weighted by atomic mass is 32.1. The van der Waals surface area contributed by atoms with Gasteiger partial charge in [-0.1, -0.05) is 40.8 Å². The lowest BCUT2D eigenvalue weighted by Crippen LogP contribution is -2.44. The molecule has 0 amide bonds. The monoisotopic (exact) mass is 486 g/mol. The maximum Gasteiger partial charge on any atom is 0.330 e. The van der Waals surface area contributed by atoms with Crippen molar-refractivity contribution in [2.24, 2.45) is 0 Å². The Morgan fingerprint density at radius 1 is 1.24 bits per heavy atom. The molecule has 2 aromatic heterocycles. The molecule has 0 saturated carbocycles. The lowest BCUT2D eigenvalue weighted by Gasteiger charge is -2.15. The predicted molar refractivity (Wildman–Crippen MR) is 127 cm³/mol. The summed E-state index contributed by atoms with van der Waals surface area (Å²) in [5.74, 6) is -0.499. The van der Waals surface area contributed by atoms with Gasteiger partial charge in [-0.3, -0.25) is 0 Å². The van der Waals surface area contributed by atoms with E-state index >= 15 is 0 Å². The first-order chi connectivity index (χ1) is 16.0. The topological polar surface area (TPSA) is 98.5 Å². The van der Waals surface area contributed by atoms with Crippen LogP contribution in [-0.2, 0) is 14.3 Å². The van der Waals surface area contributed by atoms with Crippen LogP contribution in [0.1, 0.15) is 5.76 Å². The van der Waals surface area contributed by atoms with Crippen molar-refractivity contribution < 1.29 is 23.2 Å². The van der Waals surface area contributed by atoms with Gasteiger partial charge in [0.05, 0.1) is 23.9 Å². The Morgan fingerprint density at radius 3 is 2.88 bits per heavy atom. The minimum absolute atomic E-state index is 0.0833. The summed E-state index contributed by atoms with van der Waals surface area (Å²) in [7, 11) is 2.76. The highest BCUT2D eigenvalue weighted by molar-refractivity contribution is 7.80. The van der Waals surface area contributed by atoms with Crippen LogP contribution in [0, 0.1) is 5.82 Å². The third-order valence-corrected chi connectivity index (χ3v) is 5.87. The predicted octanol–water partition coefficient (Wildman–Crippen LogP) is 4.29. The standard InChI is InChI=1S/C22H19FN4O4S2/c1-29-11-17(21(28)30-2)25-20(32)18-10-16(27-31-18)12-4-3-5-14(8-12)24-22-26-15-7-6-13(23)9-19(15)33-22/h3-10,17H,11H2,1-2H3,(H,24,26)(H,25,32). The minimum Gasteiger partial charge on any atom is -0.467 e. The Morgan fingerprint density at radius 2 is 2.09 bits per heavy atom. The highest BCUT2D eigenvalue weighted by Gasteiger charge is 2.22. The fourth-order valence-corrected chi connectivity index (χ4v) is 4.21. The van der Waals surface area contributed by atoms with E-state index in [1.165, 1.54) is 37.7 Å². The number of fused-ring (bicyclic) bond motifs is 1. The molecule has 0 bridgehead atoms. The van der Waals surface area contributed by atoms with Gasteiger partial charge in [0.25, 0.3) is 0 Å². The number of rotatable bonds is 8. The number of thiocarbonyl (C=S) groups is 1. The van der Waals surface area contributed by atoms with Crippen molar-refractivity contribution in [3.8, 4) is 11.3 Å². The number of halogens is 1. The molecule has 1 unspecified atom stereocenters. The summed E-state index contributed by atoms with van der Waals surface area (Å²) in [4.78, 5) is 16.5. The number of carbonyl (C=O) groups is 1. The lowest BCUT2D eigenvalue weighted by atomic mass is 10.1. The number of nitrogens with zero attached hydrogens (tertiary/aromatic N) is 2. The Hall–Kier alpha value is -3.41. The summed E-state index contributed by atoms with van der Waals surface area (Å²) >= 11 is 6.70. The molecule has 0 fully saturated rings. The van der Waals surface area contributed by atoms with Gasteiger partial charge < -0.3 is 24.6 Å². The molecule has 0 aliphatic heterocycles. The van der Waals surface area contributed by atoms with Crippen molar-refractivity contribution in [1.82, 2.24) is 15.5 Å². The van der Waals surface area contributed by atoms with Crippen LogP contribution in [0.4, 0.5) is 15.2 Å². The third kappa shape index (κ3) is 5.33. The quantitative estimate of drug-likeness (QED) is 0.279. The first-order valence-electron chi connectivity index (χ1n) is 9.74. The smallest absolute Gasteiger partial charge is 0.330 e. The van der Waals surface area contributed by atoms with Gasteiger partial charge in [-0.05, 0) is 30.3 Å². The Kier molecular flexibility index (Phi) is 6.92. The first-order valence-corrected chi connectivity index (χ1v) is 11.0. The van der Waals surface area contributed by atoms with E-state index in [0.29, 0.717) is 16.6 Å². The van der Waals surface area contributed by atoms with Gasteiger partial charge in [-0.15, -0.1) is 0 Å². The third-order valence-electron chi connectivity index (χ3n) is 4.62. The van der Waals surface area contributed by atoms with Crippen molar-refractivity contribution in [3.63, 3.8) is 0 Å². The molecule has 2 aromatic carbocycles. The van der Waals surface area contributed by atoms with E-state index in [2.05, 4.69) is 20.8 Å². The summed E-state index contributed by atoms with van der Waals surface area (Å²) in [6.07, 6.45) is 0. The zero-order chi connectivity index (χ0) is 23.4. The maximum atomic E-state index is 13.4. The van der Waals surface area contributed by atoms with E-state index in [1.54, 1.807) is 12.1 Å². The number of esters is 1. The van der Waals surface area contributed by atoms with Crippen molar-refractivity contribution in [2.75, 3.05) is 26.1 Å². The molecular formula is C22H19FN4O4S2. The van der Waals surface area contributed by atoms with E-state index in [-0.39, 0.29) is 17.4 Å². The largest absolute Gasteiger partial charge is 0.467 e. The van der Waals surface area contributed by atoms with Gasteiger partial charge in [0.1, 0.15) is 22.5 Å². The zero-order valence-corrected chi connectivity index (χ0v) is 19.3. The molecule has 1 atom stereocenters. The summed E-state index contributed by atoms with van der Waals surface area (Å²) in [5.41, 5.74) is 2.85. The van der Waals surface area contributed by atoms with E-state index in [0.717, 1.165) is 21.5 Å². The molecule has 0 radical (unpaired) electrons. The molecule has 0 saturated heterocycles. The summed E-state index contributed by atoms with van der Waals surface area (Å²) in [5, 5.41) is 10.8. The molecule has 8 nitrogen and oxygen atoms in total. The van der Waals surface area contributed by atoms with E-state index < -0.39 is 12.0 Å². The molecule has 4 rings (SSSR count). The zero-order valence-electron chi connectivity index (χ0n) is 17.6. The second kappa shape index (κ2) is 10.0. The van der Waals surface area contributed by atoms with Gasteiger partial charge in [0.15, 0.2) is 10.9 Å². The number of methoxy groups -OCH3 is 2. The van der Waals surface area contributed by atoms with Gasteiger partial charge in [-0.2, -0.15) is 0 Å². The SMILES string of the molecule is COCC(NC(=S)c1cc(-c2cccc(Nc3nc4ccc(F)cc4s3)c2)no1)C(=O)OC. The van der Waals surface area contributed by atoms with Crippen LogP contribution in [0.2, 0.25) is 0 Å². The van der Waals surface area contributed by atoms with Crippen LogP contribution in [0.15, 0.2) is 53.1 Å². The van der Waals surface area contributed by atoms with Crippen LogP contribution >= 0.6 is 23.6 Å². The van der Waals surface area contributed by atoms with Gasteiger partial charge in [0, 0.05) is 24.4 Å². The van der Waals surface area contributed by atoms with Gasteiger partial charge in [0.2, 0.25) is 0 Å². The van der Waals surface area contributed by atoms with Crippen molar-refractivity contribution in [1.29, 1.82) is 0 Å². The van der Waals surface area contributed by atoms with Crippen LogP contribution in [-0.4, -0.2) is 48.0 Å². The number of aromatic nitrogens is 2. The second-order valence-electron chi connectivity index (χ2n) is 6.92. The summed E-state index contributed by atoms with van der Waals surface area (Å²) < 4.78 is 29.3. The van der Waals surface area contributed by atoms with Crippen LogP contribution in [0.3, 0.4) is 0 Å². The van der Waals surface area contributed by atoms with Gasteiger partial charge in [-0.25, -0.2) is 14.2 Å². The van der Waals surface area contributed by atoms with E-state index in [1.807, 2.05) is 24.3 Å². The van der Waals surface area contributed by atoms with Crippen LogP contribution in [0.5, 0.6) is 0 Å². The average molecular weight is 487 g/mol. The van der Waals surface area contributed by atoms with Crippen molar-refractivity contribution in [3.05, 3.63) is 60.1 Å². The Balaban J connectivity index is 1.49. The van der Waals surface area contributed by atoms with Crippen molar-refractivity contribution in [2.45, 2.75) is 6.04 Å². The normalized spacial score (nSPS) is 11.8. The van der Waals surface area contributed by atoms with Gasteiger partial charge >= 0.3 is 5.97 Å². The van der Waals surface area contributed by atoms with Crippen LogP contribution in [0.25, 0.3) is 21.5 Å². The van der Waals surface area contributed by atoms with Crippen molar-refractivity contribution >= 4 is 55.5 Å². The molecule has 2 heterocycles. The molecule has 33 heavy (non-hydrogen) atoms. The molecular weight excluding hydrogens is 467 g/mol. The number of hydrogen-bond acceptors (Lipinski definition) is 9. The highest BCUT2D eigenvalue weighted by Crippen LogP contribution is 2.30. The number of thiazole rings is 1. The van der Waals surface area contributed by atoms with E-state index in [9.17, 15) is 9.18 Å². The fourth-order valence-electron chi connectivity index (χ4n) is 3.06. The second-order valence-corrected chi connectivity index (χ2v) is 8.36. The molecule has 0 aliphatic carbocycles. The molecule has 0 spiro atoms. The molecule has 4 aromatic rings. The number of nitrogens with one attached hydrogen (secondary N) is 2. The fraction of sp³-hybridized carbons (Fsp3) is 0.182. The lowest BCUT2D eigenvalue weighted by molar-refractivity contribution is -0.143. The van der Waals surface area contributed by atoms with E-state index in [4.69, 9.17) is 26.2 Å². The maximum absolute atomic E-state index is 13.4. The number of anilines is 2. The number of ether oxygens (including phenoxy) is 2. The molecule has 0 aliphatic rings. The Labute approximate surface area is 197 Å². The Bertz CT molecular complexity index is 1310. The molecule has 170 valence electrons. The number of hydrogen-bond donors (Lipinski definition) is 2. The molecule has 11 heteroatoms. The number of carbonyl (C=O) groups excluding carboxylic acids is 1. The molecule has 2 N–H and O–H groups in total. The number of benzene rings is 2. The summed E-state index contributed by atoms with van der Waals surface area (Å²) in [6.45, 7) is 0.0833. The first kappa shape index (κ1) is 22.8. The minimum atomic E-state index is -0.768. The summed E-state index contributed by atoms with van der Waals surface area (Å²) in [6, 6.07) is 12.9. The van der Waals surface area contributed by atoms with Crippen LogP contribution < -0.4 is 10.6 Å².